The summed E-state index contributed by atoms with van der Waals surface area (Å²) in [7, 11) is 0. The molecule has 2 amide bonds. The van der Waals surface area contributed by atoms with Crippen LogP contribution in [0.5, 0.6) is 0 Å². The molecule has 1 heterocycles. The van der Waals surface area contributed by atoms with Crippen molar-refractivity contribution in [1.29, 1.82) is 0 Å². The van der Waals surface area contributed by atoms with E-state index in [1.807, 2.05) is 20.8 Å². The first kappa shape index (κ1) is 13.0. The van der Waals surface area contributed by atoms with Crippen molar-refractivity contribution in [2.45, 2.75) is 33.2 Å². The summed E-state index contributed by atoms with van der Waals surface area (Å²) >= 11 is 0. The minimum absolute atomic E-state index is 0.0868. The van der Waals surface area contributed by atoms with Crippen LogP contribution in [0.2, 0.25) is 0 Å². The maximum absolute atomic E-state index is 12.0. The zero-order valence-corrected chi connectivity index (χ0v) is 10.2. The van der Waals surface area contributed by atoms with Crippen LogP contribution in [0.1, 0.15) is 27.2 Å². The number of carbonyl (C=O) groups is 2. The van der Waals surface area contributed by atoms with Gasteiger partial charge in [0.1, 0.15) is 0 Å². The van der Waals surface area contributed by atoms with Crippen molar-refractivity contribution in [3.05, 3.63) is 0 Å². The van der Waals surface area contributed by atoms with Gasteiger partial charge in [-0.25, -0.2) is 0 Å². The second kappa shape index (κ2) is 4.41. The Balaban J connectivity index is 2.61. The average Bonchev–Trinajstić information content (AvgIpc) is 2.62. The van der Waals surface area contributed by atoms with Crippen molar-refractivity contribution in [2.75, 3.05) is 13.1 Å². The number of likely N-dealkylation sites (tertiary alicyclic amines) is 1. The molecule has 1 saturated heterocycles. The van der Waals surface area contributed by atoms with E-state index in [0.29, 0.717) is 19.5 Å². The van der Waals surface area contributed by atoms with Crippen LogP contribution in [-0.2, 0) is 9.59 Å². The first-order valence-corrected chi connectivity index (χ1v) is 5.57. The Hall–Kier alpha value is -1.10. The lowest BCUT2D eigenvalue weighted by atomic mass is 9.86. The fourth-order valence-electron chi connectivity index (χ4n) is 1.76. The summed E-state index contributed by atoms with van der Waals surface area (Å²) in [6.45, 7) is 6.78. The van der Waals surface area contributed by atoms with Gasteiger partial charge in [0.25, 0.3) is 0 Å². The van der Waals surface area contributed by atoms with Gasteiger partial charge in [-0.1, -0.05) is 20.8 Å². The van der Waals surface area contributed by atoms with Gasteiger partial charge in [0.2, 0.25) is 11.8 Å². The molecule has 0 bridgehead atoms. The smallest absolute Gasteiger partial charge is 0.240 e. The van der Waals surface area contributed by atoms with Crippen LogP contribution in [-0.4, -0.2) is 35.8 Å². The molecular weight excluding hydrogens is 206 g/mol. The molecule has 5 heteroatoms. The van der Waals surface area contributed by atoms with Gasteiger partial charge in [0, 0.05) is 13.1 Å². The fraction of sp³-hybridized carbons (Fsp3) is 0.818. The lowest BCUT2D eigenvalue weighted by Gasteiger charge is -2.29. The summed E-state index contributed by atoms with van der Waals surface area (Å²) < 4.78 is 0. The lowest BCUT2D eigenvalue weighted by Crippen LogP contribution is -2.50. The van der Waals surface area contributed by atoms with Crippen LogP contribution < -0.4 is 11.5 Å². The van der Waals surface area contributed by atoms with Crippen LogP contribution in [0.15, 0.2) is 0 Å². The minimum Gasteiger partial charge on any atom is -0.369 e. The van der Waals surface area contributed by atoms with Crippen molar-refractivity contribution in [3.63, 3.8) is 0 Å². The van der Waals surface area contributed by atoms with Gasteiger partial charge in [-0.2, -0.15) is 0 Å². The highest BCUT2D eigenvalue weighted by molar-refractivity contribution is 5.84. The Labute approximate surface area is 96.1 Å². The number of primary amides is 1. The molecule has 1 rings (SSSR count). The quantitative estimate of drug-likeness (QED) is 0.678. The van der Waals surface area contributed by atoms with Gasteiger partial charge in [-0.3, -0.25) is 9.59 Å². The highest BCUT2D eigenvalue weighted by atomic mass is 16.2. The molecule has 4 N–H and O–H groups in total. The van der Waals surface area contributed by atoms with E-state index >= 15 is 0 Å². The predicted octanol–water partition coefficient (Wildman–Crippen LogP) is -0.306. The maximum atomic E-state index is 12.0. The predicted molar refractivity (Wildman–Crippen MR) is 61.3 cm³/mol. The monoisotopic (exact) mass is 227 g/mol. The number of amides is 2. The second-order valence-corrected chi connectivity index (χ2v) is 5.52. The SMILES string of the molecule is CC(C)(C)[C@H](N)C(=O)N1CCC(C(N)=O)C1. The van der Waals surface area contributed by atoms with Crippen LogP contribution in [0, 0.1) is 11.3 Å². The highest BCUT2D eigenvalue weighted by Gasteiger charge is 2.36. The molecule has 0 aliphatic carbocycles. The minimum atomic E-state index is -0.529. The lowest BCUT2D eigenvalue weighted by molar-refractivity contribution is -0.134. The molecule has 1 aliphatic rings. The van der Waals surface area contributed by atoms with Crippen LogP contribution >= 0.6 is 0 Å². The van der Waals surface area contributed by atoms with Gasteiger partial charge < -0.3 is 16.4 Å². The summed E-state index contributed by atoms with van der Waals surface area (Å²) in [5.41, 5.74) is 10.8. The summed E-state index contributed by atoms with van der Waals surface area (Å²) in [4.78, 5) is 24.6. The average molecular weight is 227 g/mol. The molecule has 1 fully saturated rings. The Morgan fingerprint density at radius 3 is 2.31 bits per heavy atom. The van der Waals surface area contributed by atoms with E-state index in [2.05, 4.69) is 0 Å². The molecule has 0 aromatic heterocycles. The summed E-state index contributed by atoms with van der Waals surface area (Å²) in [5, 5.41) is 0. The first-order chi connectivity index (χ1) is 7.23. The molecule has 1 aliphatic heterocycles. The second-order valence-electron chi connectivity index (χ2n) is 5.52. The van der Waals surface area contributed by atoms with Crippen LogP contribution in [0.25, 0.3) is 0 Å². The summed E-state index contributed by atoms with van der Waals surface area (Å²) in [6.07, 6.45) is 0.651. The molecule has 0 aromatic rings. The molecule has 1 unspecified atom stereocenters. The van der Waals surface area contributed by atoms with E-state index in [-0.39, 0.29) is 23.1 Å². The third-order valence-corrected chi connectivity index (χ3v) is 3.10. The Morgan fingerprint density at radius 2 is 1.94 bits per heavy atom. The van der Waals surface area contributed by atoms with E-state index in [4.69, 9.17) is 11.5 Å². The van der Waals surface area contributed by atoms with E-state index in [9.17, 15) is 9.59 Å². The number of nitrogens with two attached hydrogens (primary N) is 2. The molecule has 0 aromatic carbocycles. The van der Waals surface area contributed by atoms with Crippen molar-refractivity contribution >= 4 is 11.8 Å². The Kier molecular flexibility index (Phi) is 3.57. The topological polar surface area (TPSA) is 89.4 Å². The fourth-order valence-corrected chi connectivity index (χ4v) is 1.76. The maximum Gasteiger partial charge on any atom is 0.240 e. The molecule has 0 saturated carbocycles. The third kappa shape index (κ3) is 2.72. The zero-order valence-electron chi connectivity index (χ0n) is 10.2. The Morgan fingerprint density at radius 1 is 1.38 bits per heavy atom. The van der Waals surface area contributed by atoms with E-state index in [0.717, 1.165) is 0 Å². The van der Waals surface area contributed by atoms with E-state index in [1.54, 1.807) is 4.90 Å². The van der Waals surface area contributed by atoms with Crippen molar-refractivity contribution in [2.24, 2.45) is 22.8 Å². The molecular formula is C11H21N3O2. The van der Waals surface area contributed by atoms with Crippen LogP contribution in [0.3, 0.4) is 0 Å². The van der Waals surface area contributed by atoms with E-state index < -0.39 is 6.04 Å². The van der Waals surface area contributed by atoms with Crippen molar-refractivity contribution in [3.8, 4) is 0 Å². The first-order valence-electron chi connectivity index (χ1n) is 5.57. The van der Waals surface area contributed by atoms with Crippen LogP contribution in [0.4, 0.5) is 0 Å². The highest BCUT2D eigenvalue weighted by Crippen LogP contribution is 2.22. The standard InChI is InChI=1S/C11H21N3O2/c1-11(2,3)8(12)10(16)14-5-4-7(6-14)9(13)15/h7-8H,4-6,12H2,1-3H3,(H2,13,15)/t7?,8-/m1/s1. The summed E-state index contributed by atoms with van der Waals surface area (Å²) in [5.74, 6) is -0.632. The number of nitrogens with zero attached hydrogens (tertiary/aromatic N) is 1. The molecule has 92 valence electrons. The van der Waals surface area contributed by atoms with Gasteiger partial charge in [-0.05, 0) is 11.8 Å². The third-order valence-electron chi connectivity index (χ3n) is 3.10. The normalized spacial score (nSPS) is 23.2. The molecule has 0 radical (unpaired) electrons. The largest absolute Gasteiger partial charge is 0.369 e. The number of rotatable bonds is 2. The number of hydrogen-bond donors (Lipinski definition) is 2. The van der Waals surface area contributed by atoms with Gasteiger partial charge in [-0.15, -0.1) is 0 Å². The van der Waals surface area contributed by atoms with Crippen molar-refractivity contribution in [1.82, 2.24) is 4.90 Å². The van der Waals surface area contributed by atoms with E-state index in [1.165, 1.54) is 0 Å². The Bertz CT molecular complexity index is 296. The molecule has 16 heavy (non-hydrogen) atoms. The van der Waals surface area contributed by atoms with Gasteiger partial charge in [0.05, 0.1) is 12.0 Å². The van der Waals surface area contributed by atoms with Gasteiger partial charge >= 0.3 is 0 Å². The number of carbonyl (C=O) groups excluding carboxylic acids is 2. The molecule has 0 spiro atoms. The van der Waals surface area contributed by atoms with Gasteiger partial charge in [0.15, 0.2) is 0 Å². The molecule has 5 nitrogen and oxygen atoms in total. The summed E-state index contributed by atoms with van der Waals surface area (Å²) in [6, 6.07) is -0.529. The molecule has 2 atom stereocenters. The number of hydrogen-bond acceptors (Lipinski definition) is 3. The van der Waals surface area contributed by atoms with Crippen molar-refractivity contribution < 1.29 is 9.59 Å². The zero-order chi connectivity index (χ0) is 12.5.